The van der Waals surface area contributed by atoms with Crippen LogP contribution in [0.2, 0.25) is 0 Å². The van der Waals surface area contributed by atoms with E-state index in [0.717, 1.165) is 40.9 Å². The summed E-state index contributed by atoms with van der Waals surface area (Å²) >= 11 is 0. The molecule has 0 bridgehead atoms. The molecule has 156 valence electrons. The molecular weight excluding hydrogens is 381 g/mol. The molecule has 0 aliphatic carbocycles. The first-order valence-electron chi connectivity index (χ1n) is 10.2. The van der Waals surface area contributed by atoms with Crippen LogP contribution in [0.5, 0.6) is 5.75 Å². The molecule has 3 aromatic rings. The van der Waals surface area contributed by atoms with E-state index < -0.39 is 0 Å². The van der Waals surface area contributed by atoms with Gasteiger partial charge in [0.15, 0.2) is 6.61 Å². The number of amides is 1. The van der Waals surface area contributed by atoms with Crippen LogP contribution in [-0.4, -0.2) is 30.6 Å². The number of nitrogens with one attached hydrogen (secondary N) is 2. The predicted molar refractivity (Wildman–Crippen MR) is 117 cm³/mol. The molecular formula is C24H26FN3O2. The summed E-state index contributed by atoms with van der Waals surface area (Å²) in [5.74, 6) is 0.258. The van der Waals surface area contributed by atoms with Gasteiger partial charge >= 0.3 is 0 Å². The Kier molecular flexibility index (Phi) is 5.74. The number of aromatic amines is 1. The SMILES string of the molecule is Cc1[nH]c2c(F)ccc(C)c2c1CCNC(=O)COc1ccccc1N1C=CCC1. The molecule has 0 atom stereocenters. The Hall–Kier alpha value is -3.28. The maximum absolute atomic E-state index is 14.1. The Morgan fingerprint density at radius 3 is 2.87 bits per heavy atom. The molecule has 1 amide bonds. The fourth-order valence-electron chi connectivity index (χ4n) is 3.98. The minimum atomic E-state index is -0.256. The van der Waals surface area contributed by atoms with Crippen molar-refractivity contribution in [1.29, 1.82) is 0 Å². The molecule has 2 aromatic carbocycles. The third-order valence-electron chi connectivity index (χ3n) is 5.48. The number of ether oxygens (including phenoxy) is 1. The van der Waals surface area contributed by atoms with Gasteiger partial charge in [0, 0.05) is 30.4 Å². The van der Waals surface area contributed by atoms with Crippen LogP contribution in [0.3, 0.4) is 0 Å². The number of carbonyl (C=O) groups excluding carboxylic acids is 1. The monoisotopic (exact) mass is 407 g/mol. The number of nitrogens with zero attached hydrogens (tertiary/aromatic N) is 1. The van der Waals surface area contributed by atoms with Crippen molar-refractivity contribution < 1.29 is 13.9 Å². The van der Waals surface area contributed by atoms with E-state index >= 15 is 0 Å². The second kappa shape index (κ2) is 8.61. The molecule has 1 aliphatic heterocycles. The van der Waals surface area contributed by atoms with Crippen LogP contribution < -0.4 is 15.0 Å². The van der Waals surface area contributed by atoms with Crippen molar-refractivity contribution in [3.8, 4) is 5.75 Å². The van der Waals surface area contributed by atoms with E-state index in [4.69, 9.17) is 4.74 Å². The molecule has 0 spiro atoms. The standard InChI is InChI=1S/C24H26FN3O2/c1-16-9-10-19(25)24-23(16)18(17(2)27-24)11-12-26-22(29)15-30-21-8-4-3-7-20(21)28-13-5-6-14-28/h3-5,7-10,13,27H,6,11-12,14-15H2,1-2H3,(H,26,29). The number of benzene rings is 2. The molecule has 5 nitrogen and oxygen atoms in total. The van der Waals surface area contributed by atoms with Crippen LogP contribution in [0.1, 0.15) is 23.2 Å². The number of aromatic nitrogens is 1. The highest BCUT2D eigenvalue weighted by molar-refractivity contribution is 5.88. The number of rotatable bonds is 7. The van der Waals surface area contributed by atoms with E-state index in [2.05, 4.69) is 21.3 Å². The highest BCUT2D eigenvalue weighted by atomic mass is 19.1. The Labute approximate surface area is 175 Å². The van der Waals surface area contributed by atoms with Crippen molar-refractivity contribution in [1.82, 2.24) is 10.3 Å². The third kappa shape index (κ3) is 4.03. The maximum atomic E-state index is 14.1. The second-order valence-corrected chi connectivity index (χ2v) is 7.57. The summed E-state index contributed by atoms with van der Waals surface area (Å²) in [6.45, 7) is 5.23. The van der Waals surface area contributed by atoms with Crippen molar-refractivity contribution in [2.45, 2.75) is 26.7 Å². The van der Waals surface area contributed by atoms with Gasteiger partial charge in [-0.15, -0.1) is 0 Å². The van der Waals surface area contributed by atoms with Crippen LogP contribution in [-0.2, 0) is 11.2 Å². The van der Waals surface area contributed by atoms with E-state index in [-0.39, 0.29) is 18.3 Å². The molecule has 6 heteroatoms. The van der Waals surface area contributed by atoms with Gasteiger partial charge in [-0.1, -0.05) is 24.3 Å². The van der Waals surface area contributed by atoms with Gasteiger partial charge in [-0.05, 0) is 56.0 Å². The normalized spacial score (nSPS) is 13.2. The highest BCUT2D eigenvalue weighted by Gasteiger charge is 2.15. The number of halogens is 1. The summed E-state index contributed by atoms with van der Waals surface area (Å²) in [6.07, 6.45) is 5.78. The largest absolute Gasteiger partial charge is 0.482 e. The van der Waals surface area contributed by atoms with Crippen molar-refractivity contribution in [3.05, 3.63) is 71.3 Å². The van der Waals surface area contributed by atoms with Gasteiger partial charge in [0.25, 0.3) is 5.91 Å². The predicted octanol–water partition coefficient (Wildman–Crippen LogP) is 4.39. The fraction of sp³-hybridized carbons (Fsp3) is 0.292. The molecule has 30 heavy (non-hydrogen) atoms. The van der Waals surface area contributed by atoms with E-state index in [1.54, 1.807) is 6.07 Å². The zero-order valence-electron chi connectivity index (χ0n) is 17.3. The summed E-state index contributed by atoms with van der Waals surface area (Å²) in [6, 6.07) is 11.0. The van der Waals surface area contributed by atoms with E-state index in [9.17, 15) is 9.18 Å². The number of aryl methyl sites for hydroxylation is 2. The number of anilines is 1. The topological polar surface area (TPSA) is 57.4 Å². The van der Waals surface area contributed by atoms with Crippen molar-refractivity contribution >= 4 is 22.5 Å². The molecule has 0 fully saturated rings. The lowest BCUT2D eigenvalue weighted by molar-refractivity contribution is -0.123. The number of para-hydroxylation sites is 2. The minimum Gasteiger partial charge on any atom is -0.482 e. The first-order chi connectivity index (χ1) is 14.5. The molecule has 1 aromatic heterocycles. The summed E-state index contributed by atoms with van der Waals surface area (Å²) in [4.78, 5) is 17.6. The fourth-order valence-corrected chi connectivity index (χ4v) is 3.98. The maximum Gasteiger partial charge on any atom is 0.257 e. The first kappa shape index (κ1) is 20.0. The Balaban J connectivity index is 1.35. The Morgan fingerprint density at radius 1 is 1.23 bits per heavy atom. The van der Waals surface area contributed by atoms with E-state index in [1.165, 1.54) is 6.07 Å². The highest BCUT2D eigenvalue weighted by Crippen LogP contribution is 2.30. The number of carbonyl (C=O) groups is 1. The van der Waals surface area contributed by atoms with Crippen molar-refractivity contribution in [2.75, 3.05) is 24.6 Å². The number of hydrogen-bond acceptors (Lipinski definition) is 3. The molecule has 0 radical (unpaired) electrons. The van der Waals surface area contributed by atoms with Crippen molar-refractivity contribution in [2.24, 2.45) is 0 Å². The van der Waals surface area contributed by atoms with Crippen LogP contribution in [0.25, 0.3) is 10.9 Å². The van der Waals surface area contributed by atoms with Gasteiger partial charge < -0.3 is 19.9 Å². The number of hydrogen-bond donors (Lipinski definition) is 2. The summed E-state index contributed by atoms with van der Waals surface area (Å²) in [5.41, 5.74) is 4.48. The van der Waals surface area contributed by atoms with Crippen LogP contribution >= 0.6 is 0 Å². The first-order valence-corrected chi connectivity index (χ1v) is 10.2. The summed E-state index contributed by atoms with van der Waals surface area (Å²) in [7, 11) is 0. The molecule has 1 aliphatic rings. The minimum absolute atomic E-state index is 0.0465. The van der Waals surface area contributed by atoms with Gasteiger partial charge in [-0.25, -0.2) is 4.39 Å². The molecule has 0 saturated carbocycles. The van der Waals surface area contributed by atoms with Gasteiger partial charge in [-0.2, -0.15) is 0 Å². The van der Waals surface area contributed by atoms with Crippen LogP contribution in [0, 0.1) is 19.7 Å². The Morgan fingerprint density at radius 2 is 2.07 bits per heavy atom. The smallest absolute Gasteiger partial charge is 0.257 e. The van der Waals surface area contributed by atoms with E-state index in [0.29, 0.717) is 24.2 Å². The lowest BCUT2D eigenvalue weighted by atomic mass is 10.0. The summed E-state index contributed by atoms with van der Waals surface area (Å²) in [5, 5.41) is 3.81. The Bertz CT molecular complexity index is 1100. The molecule has 2 N–H and O–H groups in total. The third-order valence-corrected chi connectivity index (χ3v) is 5.48. The molecule has 4 rings (SSSR count). The molecule has 0 unspecified atom stereocenters. The zero-order valence-corrected chi connectivity index (χ0v) is 17.3. The average Bonchev–Trinajstić information content (AvgIpc) is 3.39. The zero-order chi connectivity index (χ0) is 21.1. The molecule has 2 heterocycles. The van der Waals surface area contributed by atoms with Crippen molar-refractivity contribution in [3.63, 3.8) is 0 Å². The molecule has 0 saturated heterocycles. The van der Waals surface area contributed by atoms with Crippen LogP contribution in [0.15, 0.2) is 48.7 Å². The van der Waals surface area contributed by atoms with E-state index in [1.807, 2.05) is 44.3 Å². The number of fused-ring (bicyclic) bond motifs is 1. The van der Waals surface area contributed by atoms with Gasteiger partial charge in [-0.3, -0.25) is 4.79 Å². The summed E-state index contributed by atoms with van der Waals surface area (Å²) < 4.78 is 19.9. The van der Waals surface area contributed by atoms with Crippen LogP contribution in [0.4, 0.5) is 10.1 Å². The van der Waals surface area contributed by atoms with Gasteiger partial charge in [0.1, 0.15) is 11.6 Å². The quantitative estimate of drug-likeness (QED) is 0.611. The lowest BCUT2D eigenvalue weighted by Crippen LogP contribution is -2.31. The second-order valence-electron chi connectivity index (χ2n) is 7.57. The number of H-pyrrole nitrogens is 1. The van der Waals surface area contributed by atoms with Gasteiger partial charge in [0.2, 0.25) is 0 Å². The average molecular weight is 407 g/mol. The lowest BCUT2D eigenvalue weighted by Gasteiger charge is -2.19. The van der Waals surface area contributed by atoms with Gasteiger partial charge in [0.05, 0.1) is 11.2 Å².